The second-order valence-electron chi connectivity index (χ2n) is 6.38. The summed E-state index contributed by atoms with van der Waals surface area (Å²) in [6, 6.07) is 4.92. The summed E-state index contributed by atoms with van der Waals surface area (Å²) in [5.41, 5.74) is 0.533. The normalized spacial score (nSPS) is 27.5. The summed E-state index contributed by atoms with van der Waals surface area (Å²) in [7, 11) is 0. The minimum atomic E-state index is -0.380. The molecule has 0 radical (unpaired) electrons. The van der Waals surface area contributed by atoms with Crippen LogP contribution in [0.15, 0.2) is 22.6 Å². The first-order valence-electron chi connectivity index (χ1n) is 7.62. The summed E-state index contributed by atoms with van der Waals surface area (Å²) in [5.74, 6) is 1.13. The molecule has 2 saturated heterocycles. The van der Waals surface area contributed by atoms with Gasteiger partial charge >= 0.3 is 0 Å². The van der Waals surface area contributed by atoms with E-state index < -0.39 is 0 Å². The summed E-state index contributed by atoms with van der Waals surface area (Å²) in [5, 5.41) is 8.38. The molecule has 7 heteroatoms. The molecule has 1 aromatic carbocycles. The molecule has 2 aromatic rings. The van der Waals surface area contributed by atoms with Crippen LogP contribution in [-0.4, -0.2) is 41.4 Å². The molecular weight excluding hydrogens is 321 g/mol. The van der Waals surface area contributed by atoms with E-state index in [0.717, 1.165) is 18.7 Å². The van der Waals surface area contributed by atoms with Gasteiger partial charge in [0.15, 0.2) is 0 Å². The maximum absolute atomic E-state index is 13.6. The standard InChI is InChI=1S/C16H17ClFN3O2/c1-10-19-20-15(23-10)16-8-21(6-12(16)7-22-9-16)5-11-3-2-4-13(18)14(11)17/h2-4,12H,5-9H2,1H3/t12-,16-/m0/s1. The summed E-state index contributed by atoms with van der Waals surface area (Å²) < 4.78 is 25.0. The largest absolute Gasteiger partial charge is 0.425 e. The van der Waals surface area contributed by atoms with E-state index in [1.165, 1.54) is 6.07 Å². The Morgan fingerprint density at radius 2 is 2.30 bits per heavy atom. The van der Waals surface area contributed by atoms with Crippen LogP contribution in [0.1, 0.15) is 17.3 Å². The Morgan fingerprint density at radius 1 is 1.43 bits per heavy atom. The summed E-state index contributed by atoms with van der Waals surface area (Å²) in [6.07, 6.45) is 0. The fourth-order valence-corrected chi connectivity index (χ4v) is 3.86. The van der Waals surface area contributed by atoms with Gasteiger partial charge < -0.3 is 9.15 Å². The van der Waals surface area contributed by atoms with Gasteiger partial charge in [0.1, 0.15) is 5.82 Å². The van der Waals surface area contributed by atoms with Crippen LogP contribution in [0.5, 0.6) is 0 Å². The van der Waals surface area contributed by atoms with Gasteiger partial charge in [-0.2, -0.15) is 0 Å². The number of benzene rings is 1. The highest BCUT2D eigenvalue weighted by Crippen LogP contribution is 2.43. The molecule has 0 aliphatic carbocycles. The molecule has 0 bridgehead atoms. The van der Waals surface area contributed by atoms with E-state index in [1.807, 2.05) is 6.07 Å². The van der Waals surface area contributed by atoms with Gasteiger partial charge in [-0.3, -0.25) is 4.90 Å². The fourth-order valence-electron chi connectivity index (χ4n) is 3.67. The molecule has 0 amide bonds. The van der Waals surface area contributed by atoms with Crippen molar-refractivity contribution < 1.29 is 13.5 Å². The number of nitrogens with zero attached hydrogens (tertiary/aromatic N) is 3. The van der Waals surface area contributed by atoms with Gasteiger partial charge in [-0.15, -0.1) is 10.2 Å². The van der Waals surface area contributed by atoms with Gasteiger partial charge in [0, 0.05) is 32.5 Å². The predicted octanol–water partition coefficient (Wildman–Crippen LogP) is 2.57. The first kappa shape index (κ1) is 15.1. The van der Waals surface area contributed by atoms with Gasteiger partial charge in [0.05, 0.1) is 23.7 Å². The van der Waals surface area contributed by atoms with Crippen LogP contribution in [0.4, 0.5) is 4.39 Å². The Kier molecular flexibility index (Phi) is 3.63. The Bertz CT molecular complexity index is 738. The number of likely N-dealkylation sites (tertiary alicyclic amines) is 1. The first-order valence-corrected chi connectivity index (χ1v) is 8.00. The van der Waals surface area contributed by atoms with Crippen molar-refractivity contribution in [2.75, 3.05) is 26.3 Å². The van der Waals surface area contributed by atoms with Crippen molar-refractivity contribution in [1.82, 2.24) is 15.1 Å². The minimum Gasteiger partial charge on any atom is -0.425 e. The number of rotatable bonds is 3. The quantitative estimate of drug-likeness (QED) is 0.861. The number of ether oxygens (including phenoxy) is 1. The Balaban J connectivity index is 1.59. The average molecular weight is 338 g/mol. The number of hydrogen-bond donors (Lipinski definition) is 0. The van der Waals surface area contributed by atoms with Crippen LogP contribution >= 0.6 is 11.6 Å². The number of halogens is 2. The lowest BCUT2D eigenvalue weighted by Gasteiger charge is -2.23. The van der Waals surface area contributed by atoms with Crippen molar-refractivity contribution >= 4 is 11.6 Å². The third kappa shape index (κ3) is 2.45. The highest BCUT2D eigenvalue weighted by Gasteiger charge is 2.55. The van der Waals surface area contributed by atoms with E-state index in [2.05, 4.69) is 15.1 Å². The number of fused-ring (bicyclic) bond motifs is 1. The lowest BCUT2D eigenvalue weighted by Crippen LogP contribution is -2.35. The lowest BCUT2D eigenvalue weighted by molar-refractivity contribution is 0.140. The summed E-state index contributed by atoms with van der Waals surface area (Å²) in [4.78, 5) is 2.26. The number of aromatic nitrogens is 2. The van der Waals surface area contributed by atoms with Crippen LogP contribution in [-0.2, 0) is 16.7 Å². The monoisotopic (exact) mass is 337 g/mol. The van der Waals surface area contributed by atoms with Crippen molar-refractivity contribution in [3.8, 4) is 0 Å². The second kappa shape index (κ2) is 5.54. The Labute approximate surface area is 138 Å². The molecule has 3 heterocycles. The molecule has 5 nitrogen and oxygen atoms in total. The molecule has 0 spiro atoms. The van der Waals surface area contributed by atoms with E-state index in [0.29, 0.717) is 37.5 Å². The summed E-state index contributed by atoms with van der Waals surface area (Å²) >= 11 is 6.08. The maximum atomic E-state index is 13.6. The third-order valence-corrected chi connectivity index (χ3v) is 5.25. The molecule has 0 saturated carbocycles. The van der Waals surface area contributed by atoms with Crippen LogP contribution < -0.4 is 0 Å². The van der Waals surface area contributed by atoms with E-state index in [-0.39, 0.29) is 16.3 Å². The zero-order valence-corrected chi connectivity index (χ0v) is 13.5. The van der Waals surface area contributed by atoms with Gasteiger partial charge in [-0.05, 0) is 11.6 Å². The van der Waals surface area contributed by atoms with E-state index in [9.17, 15) is 4.39 Å². The first-order chi connectivity index (χ1) is 11.1. The fraction of sp³-hybridized carbons (Fsp3) is 0.500. The van der Waals surface area contributed by atoms with Crippen molar-refractivity contribution in [3.63, 3.8) is 0 Å². The van der Waals surface area contributed by atoms with Crippen molar-refractivity contribution in [2.24, 2.45) is 5.92 Å². The van der Waals surface area contributed by atoms with Crippen LogP contribution in [0.2, 0.25) is 5.02 Å². The van der Waals surface area contributed by atoms with E-state index in [1.54, 1.807) is 13.0 Å². The lowest BCUT2D eigenvalue weighted by atomic mass is 9.81. The average Bonchev–Trinajstić information content (AvgIpc) is 3.18. The van der Waals surface area contributed by atoms with Gasteiger partial charge in [0.2, 0.25) is 11.8 Å². The van der Waals surface area contributed by atoms with Crippen LogP contribution in [0, 0.1) is 18.7 Å². The van der Waals surface area contributed by atoms with Gasteiger partial charge in [-0.25, -0.2) is 4.39 Å². The van der Waals surface area contributed by atoms with Crippen molar-refractivity contribution in [1.29, 1.82) is 0 Å². The molecule has 2 fully saturated rings. The van der Waals surface area contributed by atoms with E-state index >= 15 is 0 Å². The summed E-state index contributed by atoms with van der Waals surface area (Å²) in [6.45, 7) is 5.22. The SMILES string of the molecule is Cc1nnc([C@@]23COC[C@@H]2CN(Cc2cccc(F)c2Cl)C3)o1. The van der Waals surface area contributed by atoms with Crippen molar-refractivity contribution in [3.05, 3.63) is 46.4 Å². The van der Waals surface area contributed by atoms with Gasteiger partial charge in [-0.1, -0.05) is 23.7 Å². The molecule has 1 aromatic heterocycles. The molecule has 2 atom stereocenters. The van der Waals surface area contributed by atoms with Crippen LogP contribution in [0.25, 0.3) is 0 Å². The second-order valence-corrected chi connectivity index (χ2v) is 6.75. The Morgan fingerprint density at radius 3 is 3.09 bits per heavy atom. The highest BCUT2D eigenvalue weighted by atomic mass is 35.5. The molecule has 0 unspecified atom stereocenters. The molecule has 23 heavy (non-hydrogen) atoms. The minimum absolute atomic E-state index is 0.198. The topological polar surface area (TPSA) is 51.4 Å². The molecule has 2 aliphatic rings. The molecule has 2 aliphatic heterocycles. The molecule has 4 rings (SSSR count). The predicted molar refractivity (Wildman–Crippen MR) is 81.7 cm³/mol. The zero-order chi connectivity index (χ0) is 16.0. The third-order valence-electron chi connectivity index (χ3n) is 4.82. The maximum Gasteiger partial charge on any atom is 0.226 e. The smallest absolute Gasteiger partial charge is 0.226 e. The number of aryl methyl sites for hydroxylation is 1. The van der Waals surface area contributed by atoms with E-state index in [4.69, 9.17) is 20.8 Å². The molecular formula is C16H17ClFN3O2. The molecule has 0 N–H and O–H groups in total. The highest BCUT2D eigenvalue weighted by molar-refractivity contribution is 6.31. The zero-order valence-electron chi connectivity index (χ0n) is 12.8. The Hall–Kier alpha value is -1.50. The number of hydrogen-bond acceptors (Lipinski definition) is 5. The molecule has 122 valence electrons. The van der Waals surface area contributed by atoms with Gasteiger partial charge in [0.25, 0.3) is 0 Å². The van der Waals surface area contributed by atoms with Crippen molar-refractivity contribution in [2.45, 2.75) is 18.9 Å². The van der Waals surface area contributed by atoms with Crippen LogP contribution in [0.3, 0.4) is 0 Å².